The summed E-state index contributed by atoms with van der Waals surface area (Å²) >= 11 is 0. The highest BCUT2D eigenvalue weighted by Crippen LogP contribution is 2.41. The van der Waals surface area contributed by atoms with E-state index in [4.69, 9.17) is 14.6 Å². The molecule has 0 saturated carbocycles. The van der Waals surface area contributed by atoms with Gasteiger partial charge in [0.2, 0.25) is 0 Å². The average Bonchev–Trinajstić information content (AvgIpc) is 3.32. The smallest absolute Gasteiger partial charge is 0.304 e. The number of ether oxygens (including phenoxy) is 2. The minimum absolute atomic E-state index is 0.0537. The average molecular weight is 403 g/mol. The van der Waals surface area contributed by atoms with Gasteiger partial charge < -0.3 is 14.6 Å². The molecule has 0 bridgehead atoms. The summed E-state index contributed by atoms with van der Waals surface area (Å²) < 4.78 is 13.6. The van der Waals surface area contributed by atoms with Crippen molar-refractivity contribution in [2.24, 2.45) is 0 Å². The van der Waals surface area contributed by atoms with E-state index in [0.29, 0.717) is 18.1 Å². The fourth-order valence-corrected chi connectivity index (χ4v) is 4.45. The predicted octanol–water partition coefficient (Wildman–Crippen LogP) is 3.85. The molecule has 1 aliphatic heterocycles. The van der Waals surface area contributed by atoms with Crippen LogP contribution in [0.25, 0.3) is 5.69 Å². The summed E-state index contributed by atoms with van der Waals surface area (Å²) in [5.41, 5.74) is 3.99. The van der Waals surface area contributed by atoms with Crippen molar-refractivity contribution in [2.75, 3.05) is 6.61 Å². The monoisotopic (exact) mass is 403 g/mol. The molecule has 6 nitrogen and oxygen atoms in total. The van der Waals surface area contributed by atoms with Crippen molar-refractivity contribution in [3.63, 3.8) is 0 Å². The van der Waals surface area contributed by atoms with Gasteiger partial charge in [-0.05, 0) is 42.2 Å². The van der Waals surface area contributed by atoms with Crippen molar-refractivity contribution >= 4 is 5.97 Å². The summed E-state index contributed by atoms with van der Waals surface area (Å²) in [7, 11) is 0. The van der Waals surface area contributed by atoms with Crippen molar-refractivity contribution in [1.82, 2.24) is 4.57 Å². The third-order valence-corrected chi connectivity index (χ3v) is 5.84. The van der Waals surface area contributed by atoms with Crippen LogP contribution in [0.5, 0.6) is 11.5 Å². The Hall–Kier alpha value is -3.54. The summed E-state index contributed by atoms with van der Waals surface area (Å²) in [4.78, 5) is 23.3. The van der Waals surface area contributed by atoms with Crippen molar-refractivity contribution in [2.45, 2.75) is 31.3 Å². The second-order valence-corrected chi connectivity index (χ2v) is 7.70. The molecule has 0 spiro atoms. The number of carbonyl (C=O) groups is 1. The summed E-state index contributed by atoms with van der Waals surface area (Å²) in [5, 5.41) is 9.06. The van der Waals surface area contributed by atoms with E-state index in [9.17, 15) is 9.59 Å². The number of benzene rings is 2. The first kappa shape index (κ1) is 18.5. The Morgan fingerprint density at radius 3 is 2.87 bits per heavy atom. The van der Waals surface area contributed by atoms with Crippen molar-refractivity contribution in [1.29, 1.82) is 0 Å². The molecule has 6 heteroatoms. The van der Waals surface area contributed by atoms with E-state index in [-0.39, 0.29) is 24.0 Å². The van der Waals surface area contributed by atoms with Gasteiger partial charge in [0, 0.05) is 29.8 Å². The molecule has 30 heavy (non-hydrogen) atoms. The van der Waals surface area contributed by atoms with Crippen LogP contribution < -0.4 is 15.0 Å². The van der Waals surface area contributed by atoms with Crippen LogP contribution in [0.4, 0.5) is 0 Å². The van der Waals surface area contributed by atoms with Gasteiger partial charge in [-0.1, -0.05) is 24.3 Å². The Balaban J connectivity index is 1.41. The van der Waals surface area contributed by atoms with E-state index in [1.807, 2.05) is 36.4 Å². The minimum atomic E-state index is -0.826. The zero-order valence-electron chi connectivity index (χ0n) is 16.3. The highest BCUT2D eigenvalue weighted by molar-refractivity contribution is 5.68. The van der Waals surface area contributed by atoms with E-state index in [1.165, 1.54) is 0 Å². The van der Waals surface area contributed by atoms with Gasteiger partial charge in [-0.2, -0.15) is 0 Å². The van der Waals surface area contributed by atoms with Crippen molar-refractivity contribution in [3.05, 3.63) is 87.8 Å². The maximum Gasteiger partial charge on any atom is 0.304 e. The zero-order valence-corrected chi connectivity index (χ0v) is 16.3. The number of hydrogen-bond acceptors (Lipinski definition) is 4. The largest absolute Gasteiger partial charge is 0.492 e. The Morgan fingerprint density at radius 1 is 1.13 bits per heavy atom. The highest BCUT2D eigenvalue weighted by Gasteiger charge is 2.29. The van der Waals surface area contributed by atoms with Crippen molar-refractivity contribution < 1.29 is 19.4 Å². The first-order valence-corrected chi connectivity index (χ1v) is 10.0. The van der Waals surface area contributed by atoms with Crippen LogP contribution in [-0.2, 0) is 11.2 Å². The van der Waals surface area contributed by atoms with Crippen LogP contribution in [0.2, 0.25) is 0 Å². The molecule has 152 valence electrons. The van der Waals surface area contributed by atoms with Crippen LogP contribution in [0.1, 0.15) is 41.6 Å². The fourth-order valence-electron chi connectivity index (χ4n) is 4.45. The third kappa shape index (κ3) is 3.24. The molecule has 0 fully saturated rings. The van der Waals surface area contributed by atoms with Gasteiger partial charge in [0.05, 0.1) is 18.7 Å². The normalized spacial score (nSPS) is 19.1. The number of fused-ring (bicyclic) bond motifs is 2. The molecule has 5 rings (SSSR count). The number of aliphatic carboxylic acids is 1. The molecular weight excluding hydrogens is 382 g/mol. The molecule has 0 unspecified atom stereocenters. The maximum absolute atomic E-state index is 12.3. The number of carboxylic acid groups (broad SMARTS) is 1. The first-order chi connectivity index (χ1) is 14.6. The molecule has 2 aliphatic rings. The standard InChI is InChI=1S/C24H21NO5/c26-23-6-1-2-11-25(23)20-5-3-4-19-18(20)9-10-21(19)30-16-7-8-17-15(12-24(27)28)14-29-22(17)13-16/h1-8,11,13,15,21H,9-10,12,14H2,(H,27,28)/t15-,21-/m1/s1. The molecule has 1 aliphatic carbocycles. The van der Waals surface area contributed by atoms with Gasteiger partial charge in [0.1, 0.15) is 17.6 Å². The van der Waals surface area contributed by atoms with E-state index < -0.39 is 5.97 Å². The number of rotatable bonds is 5. The lowest BCUT2D eigenvalue weighted by atomic mass is 9.98. The first-order valence-electron chi connectivity index (χ1n) is 10.0. The number of hydrogen-bond donors (Lipinski definition) is 1. The molecule has 3 aromatic rings. The minimum Gasteiger partial charge on any atom is -0.492 e. The number of nitrogens with zero attached hydrogens (tertiary/aromatic N) is 1. The van der Waals surface area contributed by atoms with Crippen LogP contribution in [0.15, 0.2) is 65.6 Å². The van der Waals surface area contributed by atoms with Gasteiger partial charge in [-0.3, -0.25) is 14.2 Å². The maximum atomic E-state index is 12.3. The molecule has 2 atom stereocenters. The highest BCUT2D eigenvalue weighted by atomic mass is 16.5. The molecule has 2 heterocycles. The van der Waals surface area contributed by atoms with Gasteiger partial charge in [0.15, 0.2) is 0 Å². The quantitative estimate of drug-likeness (QED) is 0.700. The molecule has 0 radical (unpaired) electrons. The van der Waals surface area contributed by atoms with E-state index >= 15 is 0 Å². The molecule has 1 aromatic heterocycles. The molecule has 2 aromatic carbocycles. The summed E-state index contributed by atoms with van der Waals surface area (Å²) in [5.74, 6) is 0.449. The van der Waals surface area contributed by atoms with Crippen molar-refractivity contribution in [3.8, 4) is 17.2 Å². The number of aromatic nitrogens is 1. The Bertz CT molecular complexity index is 1180. The fraction of sp³-hybridized carbons (Fsp3) is 0.250. The van der Waals surface area contributed by atoms with E-state index in [1.54, 1.807) is 22.9 Å². The number of pyridine rings is 1. The van der Waals surface area contributed by atoms with Gasteiger partial charge >= 0.3 is 5.97 Å². The summed E-state index contributed by atoms with van der Waals surface area (Å²) in [6.07, 6.45) is 3.41. The Labute approximate surface area is 173 Å². The lowest BCUT2D eigenvalue weighted by Crippen LogP contribution is -2.17. The topological polar surface area (TPSA) is 77.8 Å². The second-order valence-electron chi connectivity index (χ2n) is 7.70. The van der Waals surface area contributed by atoms with Crippen LogP contribution >= 0.6 is 0 Å². The van der Waals surface area contributed by atoms with Gasteiger partial charge in [-0.25, -0.2) is 0 Å². The van der Waals surface area contributed by atoms with E-state index in [2.05, 4.69) is 6.07 Å². The van der Waals surface area contributed by atoms with Crippen LogP contribution in [0.3, 0.4) is 0 Å². The SMILES string of the molecule is O=C(O)C[C@@H]1COc2cc(O[C@@H]3CCc4c3cccc4-n3ccccc3=O)ccc21. The molecular formula is C24H21NO5. The van der Waals surface area contributed by atoms with Crippen LogP contribution in [0, 0.1) is 0 Å². The van der Waals surface area contributed by atoms with E-state index in [0.717, 1.165) is 35.2 Å². The molecule has 0 saturated heterocycles. The van der Waals surface area contributed by atoms with Gasteiger partial charge in [0.25, 0.3) is 5.56 Å². The Kier molecular flexibility index (Phi) is 4.54. The second kappa shape index (κ2) is 7.37. The summed E-state index contributed by atoms with van der Waals surface area (Å²) in [6, 6.07) is 16.8. The lowest BCUT2D eigenvalue weighted by Gasteiger charge is -2.17. The number of carboxylic acids is 1. The lowest BCUT2D eigenvalue weighted by molar-refractivity contribution is -0.137. The zero-order chi connectivity index (χ0) is 20.7. The Morgan fingerprint density at radius 2 is 2.03 bits per heavy atom. The third-order valence-electron chi connectivity index (χ3n) is 5.84. The molecule has 0 amide bonds. The van der Waals surface area contributed by atoms with Crippen LogP contribution in [-0.4, -0.2) is 22.2 Å². The predicted molar refractivity (Wildman–Crippen MR) is 111 cm³/mol. The van der Waals surface area contributed by atoms with Gasteiger partial charge in [-0.15, -0.1) is 0 Å². The molecule has 1 N–H and O–H groups in total. The summed E-state index contributed by atoms with van der Waals surface area (Å²) in [6.45, 7) is 0.381.